The van der Waals surface area contributed by atoms with E-state index in [0.29, 0.717) is 19.0 Å². The molecule has 0 heterocycles. The van der Waals surface area contributed by atoms with Gasteiger partial charge >= 0.3 is 0 Å². The van der Waals surface area contributed by atoms with Gasteiger partial charge in [-0.3, -0.25) is 4.79 Å². The first kappa shape index (κ1) is 18.4. The van der Waals surface area contributed by atoms with Crippen molar-refractivity contribution < 1.29 is 13.2 Å². The van der Waals surface area contributed by atoms with E-state index in [0.717, 1.165) is 19.1 Å². The van der Waals surface area contributed by atoms with E-state index < -0.39 is 15.9 Å². The third kappa shape index (κ3) is 7.52. The molecule has 0 aromatic rings. The lowest BCUT2D eigenvalue weighted by Crippen LogP contribution is -2.46. The average molecular weight is 292 g/mol. The lowest BCUT2D eigenvalue weighted by atomic mass is 10.0. The predicted molar refractivity (Wildman–Crippen MR) is 78.6 cm³/mol. The molecule has 0 aliphatic carbocycles. The van der Waals surface area contributed by atoms with Crippen molar-refractivity contribution in [1.82, 2.24) is 4.90 Å². The molecular weight excluding hydrogens is 264 g/mol. The van der Waals surface area contributed by atoms with Crippen molar-refractivity contribution in [3.63, 3.8) is 0 Å². The number of carbonyl (C=O) groups excluding carboxylic acids is 1. The fourth-order valence-corrected chi connectivity index (χ4v) is 2.61. The van der Waals surface area contributed by atoms with Crippen molar-refractivity contribution in [1.29, 1.82) is 0 Å². The summed E-state index contributed by atoms with van der Waals surface area (Å²) in [4.78, 5) is 13.9. The Morgan fingerprint density at radius 2 is 1.74 bits per heavy atom. The van der Waals surface area contributed by atoms with E-state index in [2.05, 4.69) is 13.8 Å². The molecule has 0 aliphatic heterocycles. The van der Waals surface area contributed by atoms with Crippen molar-refractivity contribution >= 4 is 15.7 Å². The Labute approximate surface area is 117 Å². The minimum absolute atomic E-state index is 0.0392. The summed E-state index contributed by atoms with van der Waals surface area (Å²) >= 11 is 0. The molecule has 0 spiro atoms. The van der Waals surface area contributed by atoms with Crippen LogP contribution in [0.2, 0.25) is 0 Å². The average Bonchev–Trinajstić information content (AvgIpc) is 2.36. The van der Waals surface area contributed by atoms with Gasteiger partial charge in [-0.15, -0.1) is 0 Å². The van der Waals surface area contributed by atoms with Gasteiger partial charge in [-0.1, -0.05) is 26.7 Å². The summed E-state index contributed by atoms with van der Waals surface area (Å²) in [6.07, 6.45) is 3.40. The molecule has 0 saturated carbocycles. The van der Waals surface area contributed by atoms with E-state index in [1.165, 1.54) is 0 Å². The fourth-order valence-electron chi connectivity index (χ4n) is 1.93. The molecule has 0 fully saturated rings. The number of rotatable bonds is 9. The molecule has 0 saturated heterocycles. The number of nitrogens with zero attached hydrogens (tertiary/aromatic N) is 1. The van der Waals surface area contributed by atoms with E-state index >= 15 is 0 Å². The maximum absolute atomic E-state index is 12.2. The first-order valence-corrected chi connectivity index (χ1v) is 9.03. The minimum atomic E-state index is -3.07. The molecule has 19 heavy (non-hydrogen) atoms. The summed E-state index contributed by atoms with van der Waals surface area (Å²) in [5.74, 6) is 0.298. The van der Waals surface area contributed by atoms with Gasteiger partial charge in [0.25, 0.3) is 0 Å². The lowest BCUT2D eigenvalue weighted by Gasteiger charge is -2.27. The minimum Gasteiger partial charge on any atom is -0.341 e. The third-order valence-electron chi connectivity index (χ3n) is 3.44. The van der Waals surface area contributed by atoms with Gasteiger partial charge in [0.05, 0.1) is 11.8 Å². The van der Waals surface area contributed by atoms with Crippen LogP contribution in [-0.2, 0) is 14.6 Å². The Hall–Kier alpha value is -0.620. The van der Waals surface area contributed by atoms with Gasteiger partial charge in [-0.05, 0) is 19.3 Å². The summed E-state index contributed by atoms with van der Waals surface area (Å²) in [6.45, 7) is 7.45. The van der Waals surface area contributed by atoms with Gasteiger partial charge < -0.3 is 10.6 Å². The Bertz CT molecular complexity index is 364. The van der Waals surface area contributed by atoms with Crippen LogP contribution in [0.1, 0.15) is 40.0 Å². The predicted octanol–water partition coefficient (Wildman–Crippen LogP) is 1.03. The van der Waals surface area contributed by atoms with Crippen LogP contribution in [0.4, 0.5) is 0 Å². The molecule has 0 rings (SSSR count). The van der Waals surface area contributed by atoms with Crippen molar-refractivity contribution in [3.8, 4) is 0 Å². The molecule has 0 aliphatic rings. The van der Waals surface area contributed by atoms with E-state index in [-0.39, 0.29) is 18.1 Å². The molecule has 114 valence electrons. The SMILES string of the molecule is CCC(CC)CN(CC)C(=O)C(N)CCS(C)(=O)=O. The van der Waals surface area contributed by atoms with Gasteiger partial charge in [-0.2, -0.15) is 0 Å². The Morgan fingerprint density at radius 3 is 2.11 bits per heavy atom. The molecule has 1 atom stereocenters. The van der Waals surface area contributed by atoms with Crippen LogP contribution in [0.5, 0.6) is 0 Å². The van der Waals surface area contributed by atoms with Crippen molar-refractivity contribution in [2.45, 2.75) is 46.1 Å². The highest BCUT2D eigenvalue weighted by Gasteiger charge is 2.22. The number of sulfone groups is 1. The van der Waals surface area contributed by atoms with Gasteiger partial charge in [0.2, 0.25) is 5.91 Å². The van der Waals surface area contributed by atoms with Crippen LogP contribution < -0.4 is 5.73 Å². The van der Waals surface area contributed by atoms with Gasteiger partial charge in [-0.25, -0.2) is 8.42 Å². The molecule has 1 unspecified atom stereocenters. The van der Waals surface area contributed by atoms with E-state index in [4.69, 9.17) is 5.73 Å². The molecule has 2 N–H and O–H groups in total. The topological polar surface area (TPSA) is 80.5 Å². The molecule has 6 heteroatoms. The number of nitrogens with two attached hydrogens (primary N) is 1. The van der Waals surface area contributed by atoms with Crippen LogP contribution in [-0.4, -0.2) is 50.4 Å². The molecule has 1 amide bonds. The summed E-state index contributed by atoms with van der Waals surface area (Å²) in [6, 6.07) is -0.718. The second kappa shape index (κ2) is 8.53. The highest BCUT2D eigenvalue weighted by atomic mass is 32.2. The summed E-state index contributed by atoms with van der Waals surface area (Å²) in [7, 11) is -3.07. The van der Waals surface area contributed by atoms with Crippen molar-refractivity contribution in [2.75, 3.05) is 25.1 Å². The van der Waals surface area contributed by atoms with Crippen molar-refractivity contribution in [3.05, 3.63) is 0 Å². The summed E-state index contributed by atoms with van der Waals surface area (Å²) in [5, 5.41) is 0. The molecule has 0 radical (unpaired) electrons. The zero-order valence-electron chi connectivity index (χ0n) is 12.6. The summed E-state index contributed by atoms with van der Waals surface area (Å²) in [5.41, 5.74) is 5.80. The number of hydrogen-bond acceptors (Lipinski definition) is 4. The van der Waals surface area contributed by atoms with Crippen LogP contribution >= 0.6 is 0 Å². The smallest absolute Gasteiger partial charge is 0.239 e. The molecule has 0 bridgehead atoms. The summed E-state index contributed by atoms with van der Waals surface area (Å²) < 4.78 is 22.2. The number of hydrogen-bond donors (Lipinski definition) is 1. The van der Waals surface area contributed by atoms with Crippen LogP contribution in [0.25, 0.3) is 0 Å². The maximum atomic E-state index is 12.2. The lowest BCUT2D eigenvalue weighted by molar-refractivity contribution is -0.133. The standard InChI is InChI=1S/C13H28N2O3S/c1-5-11(6-2)10-15(7-3)13(16)12(14)8-9-19(4,17)18/h11-12H,5-10,14H2,1-4H3. The highest BCUT2D eigenvalue weighted by molar-refractivity contribution is 7.90. The molecule has 0 aromatic heterocycles. The Balaban J connectivity index is 4.48. The zero-order valence-corrected chi connectivity index (χ0v) is 13.4. The third-order valence-corrected chi connectivity index (χ3v) is 4.42. The first-order chi connectivity index (χ1) is 8.75. The number of amides is 1. The van der Waals surface area contributed by atoms with Crippen LogP contribution in [0, 0.1) is 5.92 Å². The fraction of sp³-hybridized carbons (Fsp3) is 0.923. The normalized spacial score (nSPS) is 13.6. The first-order valence-electron chi connectivity index (χ1n) is 6.97. The number of carbonyl (C=O) groups is 1. The van der Waals surface area contributed by atoms with Crippen molar-refractivity contribution in [2.24, 2.45) is 11.7 Å². The van der Waals surface area contributed by atoms with E-state index in [9.17, 15) is 13.2 Å². The molecule has 0 aromatic carbocycles. The number of likely N-dealkylation sites (N-methyl/N-ethyl adjacent to an activating group) is 1. The Kier molecular flexibility index (Phi) is 8.25. The largest absolute Gasteiger partial charge is 0.341 e. The van der Waals surface area contributed by atoms with Crippen LogP contribution in [0.3, 0.4) is 0 Å². The Morgan fingerprint density at radius 1 is 1.21 bits per heavy atom. The molecule has 5 nitrogen and oxygen atoms in total. The van der Waals surface area contributed by atoms with Gasteiger partial charge in [0.15, 0.2) is 0 Å². The van der Waals surface area contributed by atoms with E-state index in [1.54, 1.807) is 4.90 Å². The van der Waals surface area contributed by atoms with E-state index in [1.807, 2.05) is 6.92 Å². The van der Waals surface area contributed by atoms with Gasteiger partial charge in [0, 0.05) is 19.3 Å². The monoisotopic (exact) mass is 292 g/mol. The van der Waals surface area contributed by atoms with Gasteiger partial charge in [0.1, 0.15) is 9.84 Å². The second-order valence-electron chi connectivity index (χ2n) is 5.08. The highest BCUT2D eigenvalue weighted by Crippen LogP contribution is 2.11. The second-order valence-corrected chi connectivity index (χ2v) is 7.34. The zero-order chi connectivity index (χ0) is 15.1. The maximum Gasteiger partial charge on any atom is 0.239 e. The van der Waals surface area contributed by atoms with Crippen LogP contribution in [0.15, 0.2) is 0 Å². The molecular formula is C13H28N2O3S. The quantitative estimate of drug-likeness (QED) is 0.688.